The van der Waals surface area contributed by atoms with Gasteiger partial charge in [0.2, 0.25) is 27.6 Å². The number of carbonyl (C=O) groups excluding carboxylic acids is 3. The van der Waals surface area contributed by atoms with Gasteiger partial charge in [0.25, 0.3) is 0 Å². The maximum atomic E-state index is 13.8. The molecule has 15 heteroatoms. The lowest BCUT2D eigenvalue weighted by Gasteiger charge is -2.33. The Labute approximate surface area is 226 Å². The maximum absolute atomic E-state index is 13.8. The largest absolute Gasteiger partial charge is 0.481 e. The molecule has 1 aliphatic heterocycles. The van der Waals surface area contributed by atoms with Crippen molar-refractivity contribution in [2.45, 2.75) is 18.6 Å². The van der Waals surface area contributed by atoms with E-state index in [2.05, 4.69) is 4.74 Å². The number of rotatable bonds is 13. The number of piperazine rings is 1. The lowest BCUT2D eigenvalue weighted by molar-refractivity contribution is -0.143. The summed E-state index contributed by atoms with van der Waals surface area (Å²) in [5, 5.41) is 9.12. The van der Waals surface area contributed by atoms with Crippen molar-refractivity contribution in [2.24, 2.45) is 5.92 Å². The third kappa shape index (κ3) is 7.85. The molecular weight excluding hydrogens is 564 g/mol. The van der Waals surface area contributed by atoms with Crippen LogP contribution in [0.1, 0.15) is 18.4 Å². The number of hydrogen-bond acceptors (Lipinski definition) is 7. The molecule has 1 amide bonds. The zero-order valence-electron chi connectivity index (χ0n) is 20.8. The minimum atomic E-state index is -3.83. The average molecular weight is 589 g/mol. The number of benzene rings is 2. The number of amides is 1. The fourth-order valence-corrected chi connectivity index (χ4v) is 5.43. The fourth-order valence-electron chi connectivity index (χ4n) is 3.97. The predicted molar refractivity (Wildman–Crippen MR) is 129 cm³/mol. The van der Waals surface area contributed by atoms with Crippen molar-refractivity contribution in [3.63, 3.8) is 0 Å². The third-order valence-electron chi connectivity index (χ3n) is 6.02. The molecule has 1 heterocycles. The fraction of sp³-hybridized carbons (Fsp3) is 0.360. The highest BCUT2D eigenvalue weighted by Crippen LogP contribution is 2.27. The van der Waals surface area contributed by atoms with Crippen molar-refractivity contribution in [1.82, 2.24) is 9.21 Å². The topological polar surface area (TPSA) is 138 Å². The van der Waals surface area contributed by atoms with Crippen LogP contribution in [0, 0.1) is 29.2 Å². The lowest BCUT2D eigenvalue weighted by Crippen LogP contribution is -2.53. The second-order valence-corrected chi connectivity index (χ2v) is 10.9. The summed E-state index contributed by atoms with van der Waals surface area (Å²) in [7, 11) is -3.83. The van der Waals surface area contributed by atoms with Gasteiger partial charge in [-0.05, 0) is 5.56 Å². The van der Waals surface area contributed by atoms with Gasteiger partial charge in [0.15, 0.2) is 29.0 Å². The molecule has 0 radical (unpaired) electrons. The summed E-state index contributed by atoms with van der Waals surface area (Å²) in [4.78, 5) is 50.0. The van der Waals surface area contributed by atoms with Crippen LogP contribution in [0.15, 0.2) is 36.4 Å². The van der Waals surface area contributed by atoms with Gasteiger partial charge in [-0.15, -0.1) is 0 Å². The van der Waals surface area contributed by atoms with Crippen LogP contribution in [-0.2, 0) is 35.0 Å². The van der Waals surface area contributed by atoms with E-state index in [4.69, 9.17) is 5.11 Å². The molecule has 216 valence electrons. The number of ether oxygens (including phenoxy) is 1. The minimum Gasteiger partial charge on any atom is -0.481 e. The molecule has 2 aromatic carbocycles. The van der Waals surface area contributed by atoms with E-state index in [1.165, 1.54) is 0 Å². The van der Waals surface area contributed by atoms with Crippen LogP contribution in [0.5, 0.6) is 5.75 Å². The van der Waals surface area contributed by atoms with E-state index in [0.717, 1.165) is 9.21 Å². The van der Waals surface area contributed by atoms with Gasteiger partial charge in [-0.3, -0.25) is 19.2 Å². The summed E-state index contributed by atoms with van der Waals surface area (Å²) in [5.41, 5.74) is 0.527. The molecule has 1 saturated heterocycles. The minimum absolute atomic E-state index is 0.0644. The summed E-state index contributed by atoms with van der Waals surface area (Å²) >= 11 is 0. The smallest absolute Gasteiger partial charge is 0.304 e. The second-order valence-electron chi connectivity index (χ2n) is 8.98. The molecule has 1 fully saturated rings. The van der Waals surface area contributed by atoms with Crippen LogP contribution >= 0.6 is 0 Å². The molecule has 0 bridgehead atoms. The van der Waals surface area contributed by atoms with Gasteiger partial charge in [0, 0.05) is 31.5 Å². The number of carbonyl (C=O) groups is 4. The van der Waals surface area contributed by atoms with Crippen LogP contribution in [0.2, 0.25) is 0 Å². The molecule has 1 atom stereocenters. The Kier molecular flexibility index (Phi) is 9.98. The monoisotopic (exact) mass is 588 g/mol. The first-order chi connectivity index (χ1) is 18.8. The summed E-state index contributed by atoms with van der Waals surface area (Å²) in [6.07, 6.45) is -1.58. The van der Waals surface area contributed by atoms with Gasteiger partial charge in [0.05, 0.1) is 25.3 Å². The van der Waals surface area contributed by atoms with Crippen LogP contribution in [0.25, 0.3) is 0 Å². The van der Waals surface area contributed by atoms with Crippen LogP contribution in [0.4, 0.5) is 17.6 Å². The van der Waals surface area contributed by atoms with Crippen molar-refractivity contribution < 1.29 is 55.0 Å². The normalized spacial score (nSPS) is 15.1. The maximum Gasteiger partial charge on any atom is 0.304 e. The van der Waals surface area contributed by atoms with E-state index in [0.29, 0.717) is 5.56 Å². The zero-order chi connectivity index (χ0) is 29.6. The third-order valence-corrected chi connectivity index (χ3v) is 7.81. The molecule has 2 aromatic rings. The number of aliphatic carboxylic acids is 1. The molecule has 40 heavy (non-hydrogen) atoms. The Bertz CT molecular complexity index is 1380. The van der Waals surface area contributed by atoms with Crippen molar-refractivity contribution in [1.29, 1.82) is 0 Å². The van der Waals surface area contributed by atoms with Gasteiger partial charge in [-0.1, -0.05) is 30.3 Å². The Balaban J connectivity index is 1.59. The molecule has 1 aliphatic rings. The molecule has 0 unspecified atom stereocenters. The first-order valence-corrected chi connectivity index (χ1v) is 13.4. The highest BCUT2D eigenvalue weighted by molar-refractivity contribution is 7.88. The summed E-state index contributed by atoms with van der Waals surface area (Å²) < 4.78 is 85.2. The van der Waals surface area contributed by atoms with Crippen molar-refractivity contribution in [2.75, 3.05) is 32.8 Å². The molecular formula is C25H24F4N2O8S. The van der Waals surface area contributed by atoms with E-state index >= 15 is 0 Å². The van der Waals surface area contributed by atoms with Gasteiger partial charge in [-0.2, -0.15) is 13.1 Å². The SMILES string of the molecule is O=C(O)C[C@H](CC(=O)CN1CCN(S(=O)(=O)Cc2ccccc2)CC1=O)C(=O)COc1c(F)c(F)cc(F)c1F. The Morgan fingerprint density at radius 2 is 1.60 bits per heavy atom. The van der Waals surface area contributed by atoms with Crippen molar-refractivity contribution in [3.8, 4) is 5.75 Å². The van der Waals surface area contributed by atoms with Crippen LogP contribution in [0.3, 0.4) is 0 Å². The summed E-state index contributed by atoms with van der Waals surface area (Å²) in [6.45, 7) is -2.49. The van der Waals surface area contributed by atoms with Gasteiger partial charge in [-0.25, -0.2) is 17.2 Å². The molecule has 0 spiro atoms. The Morgan fingerprint density at radius 3 is 2.17 bits per heavy atom. The first kappa shape index (κ1) is 30.7. The van der Waals surface area contributed by atoms with E-state index in [9.17, 15) is 45.2 Å². The van der Waals surface area contributed by atoms with Crippen LogP contribution < -0.4 is 4.74 Å². The number of Topliss-reactive ketones (excluding diaryl/α,β-unsaturated/α-hetero) is 2. The Hall–Kier alpha value is -3.85. The molecule has 1 N–H and O–H groups in total. The van der Waals surface area contributed by atoms with Crippen molar-refractivity contribution >= 4 is 33.5 Å². The zero-order valence-corrected chi connectivity index (χ0v) is 21.6. The van der Waals surface area contributed by atoms with Crippen molar-refractivity contribution in [3.05, 3.63) is 65.2 Å². The van der Waals surface area contributed by atoms with Gasteiger partial charge in [0.1, 0.15) is 6.61 Å². The van der Waals surface area contributed by atoms with Gasteiger partial charge < -0.3 is 14.7 Å². The lowest BCUT2D eigenvalue weighted by atomic mass is 9.94. The average Bonchev–Trinajstić information content (AvgIpc) is 2.88. The number of hydrogen-bond donors (Lipinski definition) is 1. The Morgan fingerprint density at radius 1 is 0.975 bits per heavy atom. The molecule has 0 aliphatic carbocycles. The van der Waals surface area contributed by atoms with E-state index in [1.54, 1.807) is 30.3 Å². The summed E-state index contributed by atoms with van der Waals surface area (Å²) in [6, 6.07) is 8.25. The molecule has 10 nitrogen and oxygen atoms in total. The number of carboxylic acid groups (broad SMARTS) is 1. The highest BCUT2D eigenvalue weighted by Gasteiger charge is 2.34. The standard InChI is InChI=1S/C25H24F4N2O8S/c26-18-10-19(27)24(29)25(23(18)28)39-13-20(33)16(9-22(35)36)8-17(32)11-30-6-7-31(12-21(30)34)40(37,38)14-15-4-2-1-3-5-15/h1-5,10,16H,6-9,11-14H2,(H,35,36)/t16-/m0/s1. The first-order valence-electron chi connectivity index (χ1n) is 11.8. The van der Waals surface area contributed by atoms with E-state index in [-0.39, 0.29) is 24.9 Å². The quantitative estimate of drug-likeness (QED) is 0.277. The number of nitrogens with zero attached hydrogens (tertiary/aromatic N) is 2. The highest BCUT2D eigenvalue weighted by atomic mass is 32.2. The summed E-state index contributed by atoms with van der Waals surface area (Å²) in [5.74, 6) is -14.8. The number of carboxylic acids is 1. The predicted octanol–water partition coefficient (Wildman–Crippen LogP) is 1.92. The van der Waals surface area contributed by atoms with E-state index < -0.39 is 101 Å². The van der Waals surface area contributed by atoms with Crippen LogP contribution in [-0.4, -0.2) is 79.0 Å². The molecule has 0 aromatic heterocycles. The second kappa shape index (κ2) is 13.0. The van der Waals surface area contributed by atoms with E-state index in [1.807, 2.05) is 0 Å². The number of sulfonamides is 1. The number of halogens is 4. The molecule has 3 rings (SSSR count). The molecule has 0 saturated carbocycles. The van der Waals surface area contributed by atoms with Gasteiger partial charge >= 0.3 is 5.97 Å². The number of ketones is 2.